The molecule has 1 amide bonds. The molecule has 4 N–H and O–H groups in total. The van der Waals surface area contributed by atoms with Gasteiger partial charge in [0, 0.05) is 11.8 Å². The van der Waals surface area contributed by atoms with Gasteiger partial charge in [-0.2, -0.15) is 0 Å². The molecular formula is C12H17FN2O3. The summed E-state index contributed by atoms with van der Waals surface area (Å²) in [6.07, 6.45) is 0.0750. The number of halogens is 1. The number of primary amides is 1. The van der Waals surface area contributed by atoms with E-state index in [2.05, 4.69) is 0 Å². The molecule has 0 aliphatic carbocycles. The van der Waals surface area contributed by atoms with Crippen LogP contribution in [-0.2, 0) is 4.74 Å². The number of hydrogen-bond acceptors (Lipinski definition) is 4. The van der Waals surface area contributed by atoms with Crippen LogP contribution in [0.1, 0.15) is 24.2 Å². The Kier molecular flexibility index (Phi) is 4.91. The molecule has 0 aliphatic heterocycles. The van der Waals surface area contributed by atoms with Gasteiger partial charge in [0.15, 0.2) is 11.6 Å². The molecule has 0 unspecified atom stereocenters. The summed E-state index contributed by atoms with van der Waals surface area (Å²) in [5.74, 6) is -1.43. The monoisotopic (exact) mass is 256 g/mol. The molecule has 0 aromatic heterocycles. The molecule has 1 aromatic carbocycles. The van der Waals surface area contributed by atoms with E-state index in [0.717, 1.165) is 6.07 Å². The Morgan fingerprint density at radius 2 is 2.06 bits per heavy atom. The summed E-state index contributed by atoms with van der Waals surface area (Å²) in [6.45, 7) is 4.27. The fourth-order valence-corrected chi connectivity index (χ4v) is 1.33. The van der Waals surface area contributed by atoms with Crippen LogP contribution in [0.15, 0.2) is 12.1 Å². The Morgan fingerprint density at radius 1 is 1.39 bits per heavy atom. The predicted molar refractivity (Wildman–Crippen MR) is 65.9 cm³/mol. The van der Waals surface area contributed by atoms with Crippen LogP contribution in [0.2, 0.25) is 0 Å². The quantitative estimate of drug-likeness (QED) is 0.593. The summed E-state index contributed by atoms with van der Waals surface area (Å²) in [6, 6.07) is 2.21. The van der Waals surface area contributed by atoms with E-state index < -0.39 is 11.7 Å². The summed E-state index contributed by atoms with van der Waals surface area (Å²) in [5.41, 5.74) is 10.6. The van der Waals surface area contributed by atoms with Gasteiger partial charge in [-0.1, -0.05) is 0 Å². The van der Waals surface area contributed by atoms with Gasteiger partial charge in [0.1, 0.15) is 6.61 Å². The van der Waals surface area contributed by atoms with Gasteiger partial charge < -0.3 is 20.9 Å². The van der Waals surface area contributed by atoms with Gasteiger partial charge in [-0.15, -0.1) is 0 Å². The van der Waals surface area contributed by atoms with E-state index >= 15 is 0 Å². The van der Waals surface area contributed by atoms with Crippen LogP contribution < -0.4 is 16.2 Å². The van der Waals surface area contributed by atoms with Crippen molar-refractivity contribution in [3.63, 3.8) is 0 Å². The molecular weight excluding hydrogens is 239 g/mol. The number of hydrogen-bond donors (Lipinski definition) is 2. The molecule has 18 heavy (non-hydrogen) atoms. The molecule has 100 valence electrons. The van der Waals surface area contributed by atoms with Crippen molar-refractivity contribution in [1.29, 1.82) is 0 Å². The second kappa shape index (κ2) is 6.20. The highest BCUT2D eigenvalue weighted by Gasteiger charge is 2.12. The average molecular weight is 256 g/mol. The summed E-state index contributed by atoms with van der Waals surface area (Å²) in [7, 11) is 0. The van der Waals surface area contributed by atoms with Crippen molar-refractivity contribution in [2.24, 2.45) is 5.73 Å². The third-order valence-corrected chi connectivity index (χ3v) is 2.16. The lowest BCUT2D eigenvalue weighted by atomic mass is 10.1. The number of benzene rings is 1. The third-order valence-electron chi connectivity index (χ3n) is 2.16. The number of anilines is 1. The number of nitrogens with two attached hydrogens (primary N) is 2. The first kappa shape index (κ1) is 14.2. The van der Waals surface area contributed by atoms with Crippen LogP contribution in [0.3, 0.4) is 0 Å². The molecule has 0 atom stereocenters. The van der Waals surface area contributed by atoms with Crippen molar-refractivity contribution in [1.82, 2.24) is 0 Å². The fourth-order valence-electron chi connectivity index (χ4n) is 1.33. The second-order valence-electron chi connectivity index (χ2n) is 4.00. The topological polar surface area (TPSA) is 87.6 Å². The summed E-state index contributed by atoms with van der Waals surface area (Å²) < 4.78 is 23.9. The molecule has 0 spiro atoms. The summed E-state index contributed by atoms with van der Waals surface area (Å²) in [5, 5.41) is 0. The van der Waals surface area contributed by atoms with Crippen LogP contribution in [-0.4, -0.2) is 25.2 Å². The number of rotatable bonds is 6. The van der Waals surface area contributed by atoms with E-state index in [-0.39, 0.29) is 29.7 Å². The molecule has 0 fully saturated rings. The molecule has 0 heterocycles. The van der Waals surface area contributed by atoms with Crippen molar-refractivity contribution < 1.29 is 18.7 Å². The molecule has 1 aromatic rings. The molecule has 0 bridgehead atoms. The van der Waals surface area contributed by atoms with Gasteiger partial charge in [-0.3, -0.25) is 4.79 Å². The molecule has 5 nitrogen and oxygen atoms in total. The third kappa shape index (κ3) is 3.89. The predicted octanol–water partition coefficient (Wildman–Crippen LogP) is 1.31. The summed E-state index contributed by atoms with van der Waals surface area (Å²) in [4.78, 5) is 11.0. The van der Waals surface area contributed by atoms with Crippen LogP contribution in [0, 0.1) is 5.82 Å². The number of carbonyl (C=O) groups is 1. The van der Waals surface area contributed by atoms with E-state index in [4.69, 9.17) is 20.9 Å². The van der Waals surface area contributed by atoms with Gasteiger partial charge >= 0.3 is 0 Å². The number of carbonyl (C=O) groups excluding carboxylic acids is 1. The Labute approximate surface area is 105 Å². The van der Waals surface area contributed by atoms with E-state index in [1.165, 1.54) is 6.07 Å². The molecule has 1 rings (SSSR count). The zero-order valence-electron chi connectivity index (χ0n) is 10.4. The Hall–Kier alpha value is -1.82. The second-order valence-corrected chi connectivity index (χ2v) is 4.00. The highest BCUT2D eigenvalue weighted by atomic mass is 19.1. The van der Waals surface area contributed by atoms with E-state index in [1.54, 1.807) is 0 Å². The first-order valence-corrected chi connectivity index (χ1v) is 5.55. The fraction of sp³-hybridized carbons (Fsp3) is 0.417. The van der Waals surface area contributed by atoms with Crippen molar-refractivity contribution in [3.05, 3.63) is 23.5 Å². The number of ether oxygens (including phenoxy) is 2. The van der Waals surface area contributed by atoms with Gasteiger partial charge in [0.2, 0.25) is 0 Å². The maximum absolute atomic E-state index is 13.5. The lowest BCUT2D eigenvalue weighted by molar-refractivity contribution is 0.0544. The Morgan fingerprint density at radius 3 is 2.61 bits per heavy atom. The first-order chi connectivity index (χ1) is 8.41. The molecule has 6 heteroatoms. The number of amides is 1. The van der Waals surface area contributed by atoms with Gasteiger partial charge in [0.25, 0.3) is 5.91 Å². The van der Waals surface area contributed by atoms with Gasteiger partial charge in [-0.05, 0) is 19.9 Å². The van der Waals surface area contributed by atoms with Gasteiger partial charge in [0.05, 0.1) is 18.3 Å². The highest BCUT2D eigenvalue weighted by Crippen LogP contribution is 2.23. The minimum Gasteiger partial charge on any atom is -0.488 e. The smallest absolute Gasteiger partial charge is 0.250 e. The van der Waals surface area contributed by atoms with E-state index in [1.807, 2.05) is 13.8 Å². The minimum atomic E-state index is -0.726. The molecule has 0 saturated heterocycles. The first-order valence-electron chi connectivity index (χ1n) is 5.55. The van der Waals surface area contributed by atoms with Crippen LogP contribution in [0.4, 0.5) is 10.1 Å². The van der Waals surface area contributed by atoms with Crippen molar-refractivity contribution in [2.75, 3.05) is 18.9 Å². The summed E-state index contributed by atoms with van der Waals surface area (Å²) >= 11 is 0. The zero-order chi connectivity index (χ0) is 13.7. The maximum atomic E-state index is 13.5. The van der Waals surface area contributed by atoms with E-state index in [0.29, 0.717) is 6.61 Å². The van der Waals surface area contributed by atoms with Crippen LogP contribution in [0.5, 0.6) is 5.75 Å². The standard InChI is InChI=1S/C12H17FN2O3/c1-7(2)17-3-4-18-11-5-8(12(15)16)10(14)6-9(11)13/h5-7H,3-4,14H2,1-2H3,(H2,15,16). The molecule has 0 saturated carbocycles. The normalized spacial score (nSPS) is 10.7. The highest BCUT2D eigenvalue weighted by molar-refractivity contribution is 5.98. The lowest BCUT2D eigenvalue weighted by Crippen LogP contribution is -2.15. The van der Waals surface area contributed by atoms with Crippen LogP contribution in [0.25, 0.3) is 0 Å². The molecule has 0 radical (unpaired) electrons. The Balaban J connectivity index is 2.70. The zero-order valence-corrected chi connectivity index (χ0v) is 10.4. The van der Waals surface area contributed by atoms with Crippen molar-refractivity contribution in [3.8, 4) is 5.75 Å². The minimum absolute atomic E-state index is 0.00854. The van der Waals surface area contributed by atoms with E-state index in [9.17, 15) is 9.18 Å². The lowest BCUT2D eigenvalue weighted by Gasteiger charge is -2.11. The SMILES string of the molecule is CC(C)OCCOc1cc(C(N)=O)c(N)cc1F. The maximum Gasteiger partial charge on any atom is 0.250 e. The number of nitrogen functional groups attached to an aromatic ring is 1. The van der Waals surface area contributed by atoms with Crippen molar-refractivity contribution >= 4 is 11.6 Å². The van der Waals surface area contributed by atoms with Crippen molar-refractivity contribution in [2.45, 2.75) is 20.0 Å². The molecule has 0 aliphatic rings. The largest absolute Gasteiger partial charge is 0.488 e. The van der Waals surface area contributed by atoms with Crippen LogP contribution >= 0.6 is 0 Å². The average Bonchev–Trinajstić information content (AvgIpc) is 2.25. The van der Waals surface area contributed by atoms with Gasteiger partial charge in [-0.25, -0.2) is 4.39 Å². The Bertz CT molecular complexity index is 436.